The van der Waals surface area contributed by atoms with E-state index in [0.717, 1.165) is 10.9 Å². The third-order valence-corrected chi connectivity index (χ3v) is 1.21. The minimum Gasteiger partial charge on any atom is -0.378 e. The van der Waals surface area contributed by atoms with Crippen molar-refractivity contribution in [3.63, 3.8) is 0 Å². The number of nitrogens with zero attached hydrogens (tertiary/aromatic N) is 3. The van der Waals surface area contributed by atoms with Gasteiger partial charge in [0.15, 0.2) is 6.10 Å². The van der Waals surface area contributed by atoms with E-state index < -0.39 is 18.0 Å². The van der Waals surface area contributed by atoms with E-state index in [1.807, 2.05) is 0 Å². The van der Waals surface area contributed by atoms with E-state index in [9.17, 15) is 13.2 Å². The number of aliphatic hydroxyl groups excluding tert-OH is 1. The van der Waals surface area contributed by atoms with Crippen LogP contribution in [-0.4, -0.2) is 26.3 Å². The Hall–Kier alpha value is -1.11. The molecule has 0 spiro atoms. The van der Waals surface area contributed by atoms with Crippen LogP contribution in [0.5, 0.6) is 0 Å². The average molecular weight is 181 g/mol. The molecule has 1 aromatic heterocycles. The summed E-state index contributed by atoms with van der Waals surface area (Å²) in [6, 6.07) is 0. The molecule has 0 saturated carbocycles. The molecule has 1 unspecified atom stereocenters. The number of rotatable bonds is 1. The van der Waals surface area contributed by atoms with E-state index in [1.54, 1.807) is 0 Å². The SMILES string of the molecule is Cn1cc(C(O)C(F)(F)F)nn1. The quantitative estimate of drug-likeness (QED) is 0.682. The van der Waals surface area contributed by atoms with Crippen LogP contribution in [0.1, 0.15) is 11.8 Å². The molecule has 0 amide bonds. The monoisotopic (exact) mass is 181 g/mol. The summed E-state index contributed by atoms with van der Waals surface area (Å²) < 4.78 is 36.5. The van der Waals surface area contributed by atoms with Gasteiger partial charge in [0.25, 0.3) is 0 Å². The maximum Gasteiger partial charge on any atom is 0.420 e. The van der Waals surface area contributed by atoms with Crippen LogP contribution in [0.3, 0.4) is 0 Å². The molecule has 0 fully saturated rings. The van der Waals surface area contributed by atoms with Gasteiger partial charge in [-0.05, 0) is 0 Å². The van der Waals surface area contributed by atoms with Crippen LogP contribution in [0, 0.1) is 0 Å². The Labute approximate surface area is 65.6 Å². The number of hydrogen-bond donors (Lipinski definition) is 1. The van der Waals surface area contributed by atoms with Crippen LogP contribution in [0.4, 0.5) is 13.2 Å². The second-order valence-electron chi connectivity index (χ2n) is 2.26. The lowest BCUT2D eigenvalue weighted by atomic mass is 10.3. The van der Waals surface area contributed by atoms with Gasteiger partial charge < -0.3 is 5.11 Å². The van der Waals surface area contributed by atoms with Crippen LogP contribution < -0.4 is 0 Å². The Kier molecular flexibility index (Phi) is 2.05. The first-order valence-electron chi connectivity index (χ1n) is 3.02. The summed E-state index contributed by atoms with van der Waals surface area (Å²) in [6.07, 6.45) is -6.22. The van der Waals surface area contributed by atoms with Crippen molar-refractivity contribution in [2.75, 3.05) is 0 Å². The molecule has 12 heavy (non-hydrogen) atoms. The third kappa shape index (κ3) is 1.73. The van der Waals surface area contributed by atoms with Crippen molar-refractivity contribution in [3.8, 4) is 0 Å². The second kappa shape index (κ2) is 2.74. The van der Waals surface area contributed by atoms with Gasteiger partial charge in [-0.25, -0.2) is 0 Å². The molecule has 1 atom stereocenters. The Balaban J connectivity index is 2.85. The van der Waals surface area contributed by atoms with E-state index in [-0.39, 0.29) is 0 Å². The highest BCUT2D eigenvalue weighted by Gasteiger charge is 2.41. The summed E-state index contributed by atoms with van der Waals surface area (Å²) in [7, 11) is 1.42. The van der Waals surface area contributed by atoms with Crippen LogP contribution in [0.2, 0.25) is 0 Å². The first-order chi connectivity index (χ1) is 5.41. The molecule has 0 aromatic carbocycles. The maximum absolute atomic E-state index is 11.8. The molecule has 1 N–H and O–H groups in total. The summed E-state index contributed by atoms with van der Waals surface area (Å²) in [5.41, 5.74) is -0.495. The van der Waals surface area contributed by atoms with Crippen LogP contribution in [0.25, 0.3) is 0 Å². The van der Waals surface area contributed by atoms with Gasteiger partial charge in [0, 0.05) is 7.05 Å². The predicted molar refractivity (Wildman–Crippen MR) is 32.0 cm³/mol. The lowest BCUT2D eigenvalue weighted by molar-refractivity contribution is -0.208. The highest BCUT2D eigenvalue weighted by Crippen LogP contribution is 2.30. The van der Waals surface area contributed by atoms with Crippen molar-refractivity contribution in [1.82, 2.24) is 15.0 Å². The van der Waals surface area contributed by atoms with Crippen LogP contribution >= 0.6 is 0 Å². The fraction of sp³-hybridized carbons (Fsp3) is 0.600. The highest BCUT2D eigenvalue weighted by molar-refractivity contribution is 4.99. The summed E-state index contributed by atoms with van der Waals surface area (Å²) >= 11 is 0. The van der Waals surface area contributed by atoms with E-state index >= 15 is 0 Å². The van der Waals surface area contributed by atoms with E-state index in [4.69, 9.17) is 5.11 Å². The Morgan fingerprint density at radius 1 is 1.58 bits per heavy atom. The van der Waals surface area contributed by atoms with Gasteiger partial charge in [0.05, 0.1) is 6.20 Å². The molecule has 0 radical (unpaired) electrons. The minimum atomic E-state index is -4.68. The van der Waals surface area contributed by atoms with Gasteiger partial charge in [-0.2, -0.15) is 13.2 Å². The predicted octanol–water partition coefficient (Wildman–Crippen LogP) is 0.411. The van der Waals surface area contributed by atoms with Crippen molar-refractivity contribution in [2.45, 2.75) is 12.3 Å². The van der Waals surface area contributed by atoms with Crippen molar-refractivity contribution in [3.05, 3.63) is 11.9 Å². The van der Waals surface area contributed by atoms with Crippen molar-refractivity contribution in [2.24, 2.45) is 7.05 Å². The van der Waals surface area contributed by atoms with Crippen LogP contribution in [0.15, 0.2) is 6.20 Å². The van der Waals surface area contributed by atoms with Crippen molar-refractivity contribution < 1.29 is 18.3 Å². The highest BCUT2D eigenvalue weighted by atomic mass is 19.4. The Morgan fingerprint density at radius 2 is 2.17 bits per heavy atom. The summed E-state index contributed by atoms with van der Waals surface area (Å²) in [4.78, 5) is 0. The molecule has 0 aliphatic rings. The van der Waals surface area contributed by atoms with Gasteiger partial charge >= 0.3 is 6.18 Å². The number of halogens is 3. The lowest BCUT2D eigenvalue weighted by Crippen LogP contribution is -2.20. The average Bonchev–Trinajstić information content (AvgIpc) is 2.32. The van der Waals surface area contributed by atoms with Gasteiger partial charge in [-0.1, -0.05) is 5.21 Å². The smallest absolute Gasteiger partial charge is 0.378 e. The second-order valence-corrected chi connectivity index (χ2v) is 2.26. The zero-order valence-electron chi connectivity index (χ0n) is 6.08. The number of aliphatic hydroxyl groups is 1. The molecule has 7 heteroatoms. The zero-order valence-corrected chi connectivity index (χ0v) is 6.08. The molecular weight excluding hydrogens is 175 g/mol. The van der Waals surface area contributed by atoms with E-state index in [2.05, 4.69) is 10.3 Å². The topological polar surface area (TPSA) is 50.9 Å². The third-order valence-electron chi connectivity index (χ3n) is 1.21. The van der Waals surface area contributed by atoms with E-state index in [1.165, 1.54) is 7.05 Å². The summed E-state index contributed by atoms with van der Waals surface area (Å²) in [6.45, 7) is 0. The number of hydrogen-bond acceptors (Lipinski definition) is 3. The molecule has 0 bridgehead atoms. The standard InChI is InChI=1S/C5H6F3N3O/c1-11-2-3(9-10-11)4(12)5(6,7)8/h2,4,12H,1H3. The van der Waals surface area contributed by atoms with Crippen LogP contribution in [-0.2, 0) is 7.05 Å². The Morgan fingerprint density at radius 3 is 2.50 bits per heavy atom. The summed E-state index contributed by atoms with van der Waals surface area (Å²) in [5.74, 6) is 0. The van der Waals surface area contributed by atoms with Crippen molar-refractivity contribution >= 4 is 0 Å². The zero-order chi connectivity index (χ0) is 9.35. The number of aromatic nitrogens is 3. The molecule has 1 heterocycles. The molecule has 68 valence electrons. The normalized spacial score (nSPS) is 14.8. The molecule has 0 saturated heterocycles. The number of aryl methyl sites for hydroxylation is 1. The molecule has 1 aromatic rings. The maximum atomic E-state index is 11.8. The fourth-order valence-corrected chi connectivity index (χ4v) is 0.658. The van der Waals surface area contributed by atoms with Gasteiger partial charge in [0.2, 0.25) is 0 Å². The lowest BCUT2D eigenvalue weighted by Gasteiger charge is -2.10. The molecule has 0 aliphatic heterocycles. The largest absolute Gasteiger partial charge is 0.420 e. The van der Waals surface area contributed by atoms with Gasteiger partial charge in [-0.3, -0.25) is 4.68 Å². The van der Waals surface area contributed by atoms with Gasteiger partial charge in [-0.15, -0.1) is 5.10 Å². The number of alkyl halides is 3. The van der Waals surface area contributed by atoms with E-state index in [0.29, 0.717) is 0 Å². The molecule has 1 rings (SSSR count). The molecule has 0 aliphatic carbocycles. The molecule has 4 nitrogen and oxygen atoms in total. The minimum absolute atomic E-state index is 0.495. The summed E-state index contributed by atoms with van der Waals surface area (Å²) in [5, 5.41) is 15.0. The molecular formula is C5H6F3N3O. The Bertz CT molecular complexity index is 269. The first-order valence-corrected chi connectivity index (χ1v) is 3.02. The first kappa shape index (κ1) is 8.98. The fourth-order valence-electron chi connectivity index (χ4n) is 0.658. The van der Waals surface area contributed by atoms with Crippen molar-refractivity contribution in [1.29, 1.82) is 0 Å². The van der Waals surface area contributed by atoms with Gasteiger partial charge in [0.1, 0.15) is 5.69 Å².